The minimum atomic E-state index is -0.461. The molecule has 0 aliphatic carbocycles. The lowest BCUT2D eigenvalue weighted by atomic mass is 10.0. The summed E-state index contributed by atoms with van der Waals surface area (Å²) in [6, 6.07) is 22.0. The minimum absolute atomic E-state index is 0.0129. The molecule has 0 radical (unpaired) electrons. The van der Waals surface area contributed by atoms with Gasteiger partial charge in [0, 0.05) is 28.8 Å². The summed E-state index contributed by atoms with van der Waals surface area (Å²) in [6.45, 7) is 3.59. The van der Waals surface area contributed by atoms with Crippen LogP contribution in [0.3, 0.4) is 0 Å². The van der Waals surface area contributed by atoms with Gasteiger partial charge in [-0.2, -0.15) is 0 Å². The van der Waals surface area contributed by atoms with Crippen LogP contribution in [0.2, 0.25) is 0 Å². The average molecular weight is 480 g/mol. The van der Waals surface area contributed by atoms with Gasteiger partial charge in [-0.05, 0) is 73.0 Å². The Labute approximate surface area is 205 Å². The number of nitro benzene ring substituents is 1. The first-order valence-electron chi connectivity index (χ1n) is 11.1. The number of fused-ring (bicyclic) bond motifs is 1. The van der Waals surface area contributed by atoms with Gasteiger partial charge in [0.05, 0.1) is 10.5 Å². The molecule has 0 spiro atoms. The zero-order chi connectivity index (χ0) is 25.4. The van der Waals surface area contributed by atoms with Crippen molar-refractivity contribution in [3.05, 3.63) is 116 Å². The van der Waals surface area contributed by atoms with Crippen LogP contribution < -0.4 is 10.9 Å². The summed E-state index contributed by atoms with van der Waals surface area (Å²) in [5, 5.41) is 14.6. The van der Waals surface area contributed by atoms with Crippen molar-refractivity contribution in [2.45, 2.75) is 13.8 Å². The monoisotopic (exact) mass is 480 g/mol. The average Bonchev–Trinajstić information content (AvgIpc) is 3.34. The molecule has 0 saturated carbocycles. The molecule has 1 amide bonds. The molecule has 8 heteroatoms. The van der Waals surface area contributed by atoms with Gasteiger partial charge in [-0.15, -0.1) is 0 Å². The Kier molecular flexibility index (Phi) is 5.69. The van der Waals surface area contributed by atoms with Gasteiger partial charge in [-0.3, -0.25) is 14.9 Å². The molecule has 0 atom stereocenters. The molecule has 5 aromatic rings. The number of non-ortho nitro benzene ring substituents is 1. The summed E-state index contributed by atoms with van der Waals surface area (Å²) < 4.78 is 11.2. The van der Waals surface area contributed by atoms with Gasteiger partial charge in [0.15, 0.2) is 5.76 Å². The summed E-state index contributed by atoms with van der Waals surface area (Å²) >= 11 is 0. The number of carbonyl (C=O) groups excluding carboxylic acids is 1. The predicted octanol–water partition coefficient (Wildman–Crippen LogP) is 6.50. The van der Waals surface area contributed by atoms with E-state index in [-0.39, 0.29) is 11.4 Å². The molecule has 0 bridgehead atoms. The number of para-hydroxylation sites is 1. The van der Waals surface area contributed by atoms with Crippen molar-refractivity contribution in [1.29, 1.82) is 0 Å². The Morgan fingerprint density at radius 3 is 2.33 bits per heavy atom. The summed E-state index contributed by atoms with van der Waals surface area (Å²) in [4.78, 5) is 35.9. The second kappa shape index (κ2) is 8.99. The first kappa shape index (κ1) is 22.8. The Morgan fingerprint density at radius 1 is 0.833 bits per heavy atom. The van der Waals surface area contributed by atoms with Gasteiger partial charge in [0.2, 0.25) is 0 Å². The van der Waals surface area contributed by atoms with Gasteiger partial charge >= 0.3 is 5.63 Å². The number of nitro groups is 1. The summed E-state index contributed by atoms with van der Waals surface area (Å²) in [7, 11) is 0. The molecule has 2 heterocycles. The molecular formula is C28H20N2O6. The Morgan fingerprint density at radius 2 is 1.58 bits per heavy atom. The van der Waals surface area contributed by atoms with Crippen LogP contribution in [0.1, 0.15) is 21.7 Å². The highest BCUT2D eigenvalue weighted by atomic mass is 16.6. The van der Waals surface area contributed by atoms with Crippen LogP contribution in [0.4, 0.5) is 11.4 Å². The largest absolute Gasteiger partial charge is 0.451 e. The highest BCUT2D eigenvalue weighted by Gasteiger charge is 2.17. The van der Waals surface area contributed by atoms with Crippen LogP contribution in [0.25, 0.3) is 33.4 Å². The van der Waals surface area contributed by atoms with E-state index in [0.717, 1.165) is 10.9 Å². The number of carbonyl (C=O) groups is 1. The van der Waals surface area contributed by atoms with Gasteiger partial charge < -0.3 is 14.2 Å². The molecule has 3 aromatic carbocycles. The van der Waals surface area contributed by atoms with E-state index in [1.807, 2.05) is 25.1 Å². The molecule has 36 heavy (non-hydrogen) atoms. The fourth-order valence-electron chi connectivity index (χ4n) is 4.13. The van der Waals surface area contributed by atoms with E-state index >= 15 is 0 Å². The second-order valence-corrected chi connectivity index (χ2v) is 8.39. The maximum atomic E-state index is 12.8. The van der Waals surface area contributed by atoms with Gasteiger partial charge in [-0.1, -0.05) is 24.3 Å². The lowest BCUT2D eigenvalue weighted by Crippen LogP contribution is -2.11. The van der Waals surface area contributed by atoms with Gasteiger partial charge in [0.25, 0.3) is 11.6 Å². The second-order valence-electron chi connectivity index (χ2n) is 8.39. The summed E-state index contributed by atoms with van der Waals surface area (Å²) in [5.74, 6) is 0.0833. The van der Waals surface area contributed by atoms with Crippen LogP contribution >= 0.6 is 0 Å². The van der Waals surface area contributed by atoms with Gasteiger partial charge in [-0.25, -0.2) is 4.79 Å². The number of anilines is 1. The number of nitrogens with zero attached hydrogens (tertiary/aromatic N) is 1. The molecule has 1 N–H and O–H groups in total. The van der Waals surface area contributed by atoms with Crippen molar-refractivity contribution in [2.24, 2.45) is 0 Å². The molecular weight excluding hydrogens is 460 g/mol. The first-order valence-corrected chi connectivity index (χ1v) is 11.1. The molecule has 0 saturated heterocycles. The lowest BCUT2D eigenvalue weighted by molar-refractivity contribution is -0.384. The molecule has 5 rings (SSSR count). The topological polar surface area (TPSA) is 116 Å². The van der Waals surface area contributed by atoms with E-state index in [1.54, 1.807) is 55.5 Å². The van der Waals surface area contributed by atoms with Gasteiger partial charge in [0.1, 0.15) is 11.3 Å². The molecule has 8 nitrogen and oxygen atoms in total. The zero-order valence-corrected chi connectivity index (χ0v) is 19.4. The van der Waals surface area contributed by atoms with Crippen molar-refractivity contribution in [3.8, 4) is 22.5 Å². The number of furan rings is 1. The number of hydrogen-bond donors (Lipinski definition) is 1. The van der Waals surface area contributed by atoms with Crippen LogP contribution in [-0.4, -0.2) is 10.8 Å². The van der Waals surface area contributed by atoms with E-state index in [4.69, 9.17) is 8.83 Å². The third-order valence-corrected chi connectivity index (χ3v) is 5.93. The zero-order valence-electron chi connectivity index (χ0n) is 19.4. The standard InChI is InChI=1S/C28H20N2O6/c1-16-13-19(7-9-21(16)23-15-18-5-3-4-6-24(18)36-28(23)32)29-27(31)26-12-11-25(35-26)22-10-8-20(30(33)34)14-17(22)2/h3-15H,1-2H3,(H,29,31). The molecule has 0 unspecified atom stereocenters. The smallest absolute Gasteiger partial charge is 0.344 e. The third-order valence-electron chi connectivity index (χ3n) is 5.93. The Balaban J connectivity index is 1.37. The maximum Gasteiger partial charge on any atom is 0.344 e. The van der Waals surface area contributed by atoms with Crippen molar-refractivity contribution in [2.75, 3.05) is 5.32 Å². The SMILES string of the molecule is Cc1cc([N+](=O)[O-])ccc1-c1ccc(C(=O)Nc2ccc(-c3cc4ccccc4oc3=O)c(C)c2)o1. The molecule has 0 fully saturated rings. The van der Waals surface area contributed by atoms with E-state index in [9.17, 15) is 19.7 Å². The van der Waals surface area contributed by atoms with Crippen molar-refractivity contribution < 1.29 is 18.6 Å². The summed E-state index contributed by atoms with van der Waals surface area (Å²) in [5.41, 5.74) is 3.88. The van der Waals surface area contributed by atoms with Crippen LogP contribution in [-0.2, 0) is 0 Å². The van der Waals surface area contributed by atoms with E-state index < -0.39 is 16.5 Å². The normalized spacial score (nSPS) is 10.9. The lowest BCUT2D eigenvalue weighted by Gasteiger charge is -2.09. The highest BCUT2D eigenvalue weighted by Crippen LogP contribution is 2.30. The fourth-order valence-corrected chi connectivity index (χ4v) is 4.13. The quantitative estimate of drug-likeness (QED) is 0.174. The Bertz CT molecular complexity index is 1710. The van der Waals surface area contributed by atoms with E-state index in [2.05, 4.69) is 5.32 Å². The summed E-state index contributed by atoms with van der Waals surface area (Å²) in [6.07, 6.45) is 0. The predicted molar refractivity (Wildman–Crippen MR) is 136 cm³/mol. The number of benzene rings is 3. The fraction of sp³-hybridized carbons (Fsp3) is 0.0714. The van der Waals surface area contributed by atoms with Crippen LogP contribution in [0, 0.1) is 24.0 Å². The van der Waals surface area contributed by atoms with Crippen LogP contribution in [0.5, 0.6) is 0 Å². The molecule has 2 aromatic heterocycles. The van der Waals surface area contributed by atoms with E-state index in [0.29, 0.717) is 39.3 Å². The van der Waals surface area contributed by atoms with Crippen molar-refractivity contribution >= 4 is 28.3 Å². The number of aryl methyl sites for hydroxylation is 2. The first-order chi connectivity index (χ1) is 17.3. The van der Waals surface area contributed by atoms with Crippen LogP contribution in [0.15, 0.2) is 92.5 Å². The third kappa shape index (κ3) is 4.27. The van der Waals surface area contributed by atoms with Crippen molar-refractivity contribution in [3.63, 3.8) is 0 Å². The molecule has 178 valence electrons. The molecule has 0 aliphatic heterocycles. The van der Waals surface area contributed by atoms with Crippen molar-refractivity contribution in [1.82, 2.24) is 0 Å². The Hall–Kier alpha value is -4.98. The van der Waals surface area contributed by atoms with E-state index in [1.165, 1.54) is 12.1 Å². The number of nitrogens with one attached hydrogen (secondary N) is 1. The number of amides is 1. The minimum Gasteiger partial charge on any atom is -0.451 e. The molecule has 0 aliphatic rings. The maximum absolute atomic E-state index is 12.8. The number of hydrogen-bond acceptors (Lipinski definition) is 6. The highest BCUT2D eigenvalue weighted by molar-refractivity contribution is 6.02. The number of rotatable bonds is 5.